The molecule has 6 saturated heterocycles. The molecule has 0 radical (unpaired) electrons. The molecule has 3 aliphatic carbocycles. The number of halogens is 11. The fraction of sp³-hybridized carbons (Fsp3) is 0.607. The Labute approximate surface area is 699 Å². The third-order valence-corrected chi connectivity index (χ3v) is 28.2. The van der Waals surface area contributed by atoms with Crippen LogP contribution in [-0.2, 0) is 26.7 Å². The zero-order valence-electron chi connectivity index (χ0n) is 67.3. The van der Waals surface area contributed by atoms with Gasteiger partial charge in [0.25, 0.3) is 0 Å². The second-order valence-corrected chi connectivity index (χ2v) is 37.4. The predicted octanol–water partition coefficient (Wildman–Crippen LogP) is 18.7. The van der Waals surface area contributed by atoms with E-state index in [0.29, 0.717) is 132 Å². The van der Waals surface area contributed by atoms with E-state index in [9.17, 15) is 56.0 Å². The van der Waals surface area contributed by atoms with Crippen molar-refractivity contribution < 1.29 is 56.0 Å². The molecule has 0 spiro atoms. The van der Waals surface area contributed by atoms with Crippen LogP contribution in [0.3, 0.4) is 0 Å². The summed E-state index contributed by atoms with van der Waals surface area (Å²) in [7, 11) is 0. The van der Waals surface area contributed by atoms with Crippen molar-refractivity contribution in [1.29, 1.82) is 0 Å². The van der Waals surface area contributed by atoms with Crippen molar-refractivity contribution in [2.75, 3.05) is 109 Å². The summed E-state index contributed by atoms with van der Waals surface area (Å²) in [5.41, 5.74) is 2.38. The highest BCUT2D eigenvalue weighted by Crippen LogP contribution is 2.51. The number of hydrogen-bond donors (Lipinski definition) is 6. The highest BCUT2D eigenvalue weighted by Gasteiger charge is 2.54. The summed E-state index contributed by atoms with van der Waals surface area (Å²) < 4.78 is 83.1. The molecule has 6 N–H and O–H groups in total. The zero-order chi connectivity index (χ0) is 83.6. The molecule has 21 nitrogen and oxygen atoms in total. The summed E-state index contributed by atoms with van der Waals surface area (Å²) in [6.07, 6.45) is 2.44. The van der Waals surface area contributed by atoms with Gasteiger partial charge in [-0.1, -0.05) is 94.4 Å². The number of nitrogens with zero attached hydrogens (tertiary/aromatic N) is 12. The van der Waals surface area contributed by atoms with E-state index in [0.717, 1.165) is 136 Å². The van der Waals surface area contributed by atoms with Gasteiger partial charge >= 0.3 is 30.3 Å². The second kappa shape index (κ2) is 34.6. The lowest BCUT2D eigenvalue weighted by atomic mass is 9.65. The Morgan fingerprint density at radius 3 is 1.09 bits per heavy atom. The van der Waals surface area contributed by atoms with Crippen LogP contribution in [0, 0.1) is 79.4 Å². The van der Waals surface area contributed by atoms with E-state index in [1.807, 2.05) is 82.8 Å². The Bertz CT molecular complexity index is 4590. The van der Waals surface area contributed by atoms with Gasteiger partial charge in [-0.3, -0.25) is 14.4 Å². The van der Waals surface area contributed by atoms with E-state index in [1.54, 1.807) is 37.8 Å². The molecule has 3 saturated carbocycles. The predicted molar refractivity (Wildman–Crippen MR) is 442 cm³/mol. The van der Waals surface area contributed by atoms with E-state index in [4.69, 9.17) is 68.0 Å². The fourth-order valence-electron chi connectivity index (χ4n) is 18.7. The molecule has 0 bridgehead atoms. The standard InChI is InChI=1S/C28H34Cl2F3N5O2.C28H37Cl2N5O2.C28H35ClF3N5O2/c1-15-6-7-20(21(29)9-15)16(2)34-24-22(30)23(28(31,32)33)35-26(36-24)38-13-18(14-38)17-5-4-8-37(12-17)19-10-27(3,11-19)25(39)40;1-16-7-8-22(23(29)10-16)17(2)31-25-24(30)18(3)32-27(33-25)35-14-20(15-35)19-6-5-9-34(13-19)21-11-28(4,12-21)26(36)37;1-16-6-7-21(23(29)9-16)17(2)34-24-22(28(30,31)32)12-33-26(35-24)37-14-19(15-37)18-5-4-8-36(13-18)20-10-27(3,11-20)25(38)39/h6-7,9,16-19H,4-5,8,10-14H2,1-3H3,(H,39,40)(H,34,35,36);7-8,10,17,19-21H,5-6,9,11-15H2,1-4H3,(H,36,37)(H,31,32,33);6-7,9,12,17-20H,4-5,8,10-11,13-15H2,1-3H3,(H,38,39)(H,33,34,35). The molecule has 9 fully saturated rings. The molecule has 32 heteroatoms. The average Bonchev–Trinajstić information content (AvgIpc) is 0.758. The zero-order valence-corrected chi connectivity index (χ0v) is 71.0. The SMILES string of the molecule is Cc1ccc(C(C)Nc2nc(N3CC(C4CCCN(C5CC(C)(C(=O)O)C5)C4)C3)nc(C(F)(F)F)c2Cl)c(Cl)c1.Cc1ccc(C(C)Nc2nc(N3CC(C4CCCN(C5CC(C)(C(=O)O)C5)C4)C3)nc(C)c2Cl)c(Cl)c1.Cc1ccc(C(C)Nc2nc(N3CC(C4CCCN(C5CC(C)(C(=O)O)C5)C4)C3)ncc2C(F)(F)F)c(Cl)c1. The van der Waals surface area contributed by atoms with Gasteiger partial charge in [-0.2, -0.15) is 41.3 Å². The minimum atomic E-state index is -4.74. The normalized spacial score (nSPS) is 27.0. The van der Waals surface area contributed by atoms with E-state index >= 15 is 0 Å². The fourth-order valence-corrected chi connectivity index (χ4v) is 20.3. The third kappa shape index (κ3) is 19.1. The number of carbonyl (C=O) groups is 3. The molecule has 9 aliphatic rings. The number of hydrogen-bond acceptors (Lipinski definition) is 18. The summed E-state index contributed by atoms with van der Waals surface area (Å²) in [6, 6.07) is 17.1. The van der Waals surface area contributed by atoms with Crippen LogP contribution >= 0.6 is 58.0 Å². The van der Waals surface area contributed by atoms with Crippen molar-refractivity contribution in [3.8, 4) is 0 Å². The van der Waals surface area contributed by atoms with Crippen molar-refractivity contribution in [3.63, 3.8) is 0 Å². The van der Waals surface area contributed by atoms with Gasteiger partial charge in [0.2, 0.25) is 17.8 Å². The van der Waals surface area contributed by atoms with E-state index < -0.39 is 74.9 Å². The molecule has 15 rings (SSSR count). The van der Waals surface area contributed by atoms with Crippen LogP contribution in [0.15, 0.2) is 60.8 Å². The van der Waals surface area contributed by atoms with Crippen molar-refractivity contribution >= 4 is 111 Å². The topological polar surface area (TPSA) is 245 Å². The number of aromatic nitrogens is 6. The number of benzene rings is 3. The third-order valence-electron chi connectivity index (χ3n) is 26.4. The maximum atomic E-state index is 13.9. The smallest absolute Gasteiger partial charge is 0.435 e. The first-order valence-electron chi connectivity index (χ1n) is 40.5. The van der Waals surface area contributed by atoms with Crippen molar-refractivity contribution in [3.05, 3.63) is 136 Å². The van der Waals surface area contributed by atoms with E-state index in [1.165, 1.54) is 12.8 Å². The molecular formula is C84H106Cl5F6N15O6. The molecule has 6 aromatic rings. The quantitative estimate of drug-likeness (QED) is 0.0367. The van der Waals surface area contributed by atoms with Gasteiger partial charge in [0.15, 0.2) is 17.3 Å². The monoisotopic (exact) mass is 1710 g/mol. The maximum Gasteiger partial charge on any atom is 0.435 e. The summed E-state index contributed by atoms with van der Waals surface area (Å²) in [5, 5.41) is 39.4. The number of likely N-dealkylation sites (tertiary alicyclic amines) is 3. The largest absolute Gasteiger partial charge is 0.481 e. The van der Waals surface area contributed by atoms with Crippen LogP contribution in [0.2, 0.25) is 25.1 Å². The first kappa shape index (κ1) is 86.9. The van der Waals surface area contributed by atoms with E-state index in [2.05, 4.69) is 68.5 Å². The van der Waals surface area contributed by atoms with Crippen molar-refractivity contribution in [1.82, 2.24) is 44.6 Å². The highest BCUT2D eigenvalue weighted by atomic mass is 35.5. The molecule has 3 aromatic heterocycles. The van der Waals surface area contributed by atoms with Crippen LogP contribution in [0.4, 0.5) is 61.6 Å². The van der Waals surface area contributed by atoms with Crippen LogP contribution in [0.1, 0.15) is 187 Å². The number of carboxylic acids is 3. The number of alkyl halides is 6. The highest BCUT2D eigenvalue weighted by molar-refractivity contribution is 6.34. The Kier molecular flexibility index (Phi) is 25.9. The van der Waals surface area contributed by atoms with Crippen LogP contribution in [0.5, 0.6) is 0 Å². The molecule has 116 heavy (non-hydrogen) atoms. The molecular weight excluding hydrogens is 1610 g/mol. The van der Waals surface area contributed by atoms with Gasteiger partial charge in [0, 0.05) is 98.3 Å². The van der Waals surface area contributed by atoms with Gasteiger partial charge < -0.3 is 60.7 Å². The molecule has 0 amide bonds. The van der Waals surface area contributed by atoms with Gasteiger partial charge in [-0.25, -0.2) is 15.0 Å². The van der Waals surface area contributed by atoms with Gasteiger partial charge in [-0.15, -0.1) is 0 Å². The molecule has 6 unspecified atom stereocenters. The Morgan fingerprint density at radius 1 is 0.440 bits per heavy atom. The molecule has 6 aliphatic heterocycles. The molecule has 9 heterocycles. The molecule has 6 atom stereocenters. The Hall–Kier alpha value is -6.98. The van der Waals surface area contributed by atoms with Gasteiger partial charge in [0.1, 0.15) is 21.4 Å². The molecule has 630 valence electrons. The van der Waals surface area contributed by atoms with Crippen LogP contribution in [0.25, 0.3) is 0 Å². The van der Waals surface area contributed by atoms with Crippen LogP contribution < -0.4 is 30.7 Å². The van der Waals surface area contributed by atoms with E-state index in [-0.39, 0.29) is 35.6 Å². The Balaban J connectivity index is 0.000000151. The van der Waals surface area contributed by atoms with Gasteiger partial charge in [-0.05, 0) is 253 Å². The van der Waals surface area contributed by atoms with Gasteiger partial charge in [0.05, 0.1) is 40.1 Å². The number of anilines is 6. The maximum absolute atomic E-state index is 13.9. The number of rotatable bonds is 21. The number of aryl methyl sites for hydroxylation is 4. The minimum Gasteiger partial charge on any atom is -0.481 e. The first-order valence-corrected chi connectivity index (χ1v) is 42.4. The first-order chi connectivity index (χ1) is 54.6. The summed E-state index contributed by atoms with van der Waals surface area (Å²) in [5.74, 6) is 2.02. The lowest BCUT2D eigenvalue weighted by Gasteiger charge is -2.52. The van der Waals surface area contributed by atoms with Crippen molar-refractivity contribution in [2.24, 2.45) is 51.8 Å². The second-order valence-electron chi connectivity index (χ2n) is 35.4. The average molecular weight is 1710 g/mol. The lowest BCUT2D eigenvalue weighted by molar-refractivity contribution is -0.159. The summed E-state index contributed by atoms with van der Waals surface area (Å²) >= 11 is 32.0. The molecule has 3 aromatic carbocycles. The minimum absolute atomic E-state index is 0.00145. The number of piperidine rings is 3. The number of carboxylic acid groups (broad SMARTS) is 3. The Morgan fingerprint density at radius 2 is 0.759 bits per heavy atom. The summed E-state index contributed by atoms with van der Waals surface area (Å²) in [4.78, 5) is 74.0. The van der Waals surface area contributed by atoms with Crippen LogP contribution in [-0.4, -0.2) is 174 Å². The number of nitrogens with one attached hydrogen (secondary N) is 3. The van der Waals surface area contributed by atoms with Crippen molar-refractivity contribution in [2.45, 2.75) is 195 Å². The summed E-state index contributed by atoms with van der Waals surface area (Å²) in [6.45, 7) is 29.2. The lowest BCUT2D eigenvalue weighted by Crippen LogP contribution is -2.58. The number of aliphatic carboxylic acids is 3.